The van der Waals surface area contributed by atoms with Crippen molar-refractivity contribution in [2.45, 2.75) is 25.9 Å². The quantitative estimate of drug-likeness (QED) is 0.332. The van der Waals surface area contributed by atoms with Crippen LogP contribution in [0.15, 0.2) is 23.4 Å². The van der Waals surface area contributed by atoms with Crippen molar-refractivity contribution in [3.8, 4) is 5.75 Å². The zero-order valence-electron chi connectivity index (χ0n) is 18.2. The minimum Gasteiger partial charge on any atom is -0.497 e. The Morgan fingerprint density at radius 1 is 1.06 bits per heavy atom. The van der Waals surface area contributed by atoms with Gasteiger partial charge in [0.25, 0.3) is 5.78 Å². The van der Waals surface area contributed by atoms with E-state index in [9.17, 15) is 9.59 Å². The van der Waals surface area contributed by atoms with Gasteiger partial charge < -0.3 is 26.0 Å². The summed E-state index contributed by atoms with van der Waals surface area (Å²) < 4.78 is 6.87. The summed E-state index contributed by atoms with van der Waals surface area (Å²) in [5, 5.41) is 20.4. The Bertz CT molecular complexity index is 1120. The molecule has 0 aliphatic heterocycles. The van der Waals surface area contributed by atoms with Gasteiger partial charge in [0.05, 0.1) is 24.2 Å². The van der Waals surface area contributed by atoms with Crippen LogP contribution in [-0.4, -0.2) is 62.3 Å². The summed E-state index contributed by atoms with van der Waals surface area (Å²) in [4.78, 5) is 32.9. The first kappa shape index (κ1) is 23.1. The molecule has 13 heteroatoms. The van der Waals surface area contributed by atoms with Crippen LogP contribution >= 0.6 is 11.8 Å². The second-order valence-electron chi connectivity index (χ2n) is 6.48. The van der Waals surface area contributed by atoms with Crippen molar-refractivity contribution >= 4 is 52.6 Å². The third kappa shape index (κ3) is 5.55. The maximum atomic E-state index is 12.6. The summed E-state index contributed by atoms with van der Waals surface area (Å²) in [6.07, 6.45) is 0. The molecular formula is C19H25N9O3S. The van der Waals surface area contributed by atoms with E-state index in [0.717, 1.165) is 0 Å². The molecule has 0 atom stereocenters. The Labute approximate surface area is 188 Å². The zero-order valence-corrected chi connectivity index (χ0v) is 19.0. The Balaban J connectivity index is 1.77. The summed E-state index contributed by atoms with van der Waals surface area (Å²) in [7, 11) is 1.52. The number of benzene rings is 1. The van der Waals surface area contributed by atoms with E-state index in [1.54, 1.807) is 22.6 Å². The number of nitrogens with zero attached hydrogens (tertiary/aromatic N) is 5. The maximum Gasteiger partial charge on any atom is 0.261 e. The molecule has 0 fully saturated rings. The molecule has 2 aromatic heterocycles. The van der Waals surface area contributed by atoms with Crippen LogP contribution in [0, 0.1) is 0 Å². The van der Waals surface area contributed by atoms with Crippen LogP contribution < -0.4 is 26.0 Å². The Hall–Kier alpha value is -3.61. The number of nitrogens with one attached hydrogen (secondary N) is 4. The SMILES string of the molecule is CCNc1nc(NCC)n2c(SCC(=O)Nc3cc(OC)ccc3NC(C)=O)nnc2n1. The Kier molecular flexibility index (Phi) is 7.65. The van der Waals surface area contributed by atoms with Crippen LogP contribution in [0.3, 0.4) is 0 Å². The van der Waals surface area contributed by atoms with E-state index in [-0.39, 0.29) is 17.6 Å². The average molecular weight is 460 g/mol. The van der Waals surface area contributed by atoms with Crippen molar-refractivity contribution in [1.82, 2.24) is 24.6 Å². The highest BCUT2D eigenvalue weighted by Crippen LogP contribution is 2.28. The lowest BCUT2D eigenvalue weighted by Gasteiger charge is -2.13. The predicted octanol–water partition coefficient (Wildman–Crippen LogP) is 2.08. The van der Waals surface area contributed by atoms with E-state index in [1.807, 2.05) is 13.8 Å². The second kappa shape index (κ2) is 10.6. The Morgan fingerprint density at radius 3 is 2.53 bits per heavy atom. The van der Waals surface area contributed by atoms with Crippen molar-refractivity contribution in [3.05, 3.63) is 18.2 Å². The number of ether oxygens (including phenoxy) is 1. The van der Waals surface area contributed by atoms with E-state index in [4.69, 9.17) is 4.74 Å². The van der Waals surface area contributed by atoms with Gasteiger partial charge in [-0.3, -0.25) is 9.59 Å². The fourth-order valence-corrected chi connectivity index (χ4v) is 3.49. The van der Waals surface area contributed by atoms with Gasteiger partial charge in [-0.1, -0.05) is 11.8 Å². The molecular weight excluding hydrogens is 434 g/mol. The van der Waals surface area contributed by atoms with Gasteiger partial charge in [0.1, 0.15) is 5.75 Å². The van der Waals surface area contributed by atoms with Crippen molar-refractivity contribution < 1.29 is 14.3 Å². The molecule has 3 aromatic rings. The van der Waals surface area contributed by atoms with Gasteiger partial charge in [-0.05, 0) is 26.0 Å². The maximum absolute atomic E-state index is 12.6. The number of carbonyl (C=O) groups is 2. The van der Waals surface area contributed by atoms with Gasteiger partial charge in [-0.25, -0.2) is 4.40 Å². The first-order valence-corrected chi connectivity index (χ1v) is 10.9. The Morgan fingerprint density at radius 2 is 1.84 bits per heavy atom. The van der Waals surface area contributed by atoms with E-state index in [0.29, 0.717) is 53.0 Å². The van der Waals surface area contributed by atoms with Crippen LogP contribution in [0.2, 0.25) is 0 Å². The molecule has 32 heavy (non-hydrogen) atoms. The van der Waals surface area contributed by atoms with Gasteiger partial charge in [0, 0.05) is 26.1 Å². The standard InChI is InChI=1S/C19H25N9O3S/c1-5-20-16-24-17(21-6-2)28-18(25-16)26-27-19(28)32-10-15(30)23-14-9-12(31-4)7-8-13(14)22-11(3)29/h7-9H,5-6,10H2,1-4H3,(H,22,29)(H,23,30)(H2,20,21,24,25,26). The van der Waals surface area contributed by atoms with Crippen molar-refractivity contribution in [1.29, 1.82) is 0 Å². The van der Waals surface area contributed by atoms with Crippen LogP contribution in [0.4, 0.5) is 23.3 Å². The smallest absolute Gasteiger partial charge is 0.261 e. The fraction of sp³-hybridized carbons (Fsp3) is 0.368. The highest BCUT2D eigenvalue weighted by molar-refractivity contribution is 7.99. The van der Waals surface area contributed by atoms with Crippen LogP contribution in [0.5, 0.6) is 5.75 Å². The van der Waals surface area contributed by atoms with Crippen LogP contribution in [0.25, 0.3) is 5.78 Å². The molecule has 2 amide bonds. The number of fused-ring (bicyclic) bond motifs is 1. The normalized spacial score (nSPS) is 10.6. The number of methoxy groups -OCH3 is 1. The highest BCUT2D eigenvalue weighted by atomic mass is 32.2. The first-order valence-electron chi connectivity index (χ1n) is 9.94. The minimum atomic E-state index is -0.290. The average Bonchev–Trinajstić information content (AvgIpc) is 3.17. The largest absolute Gasteiger partial charge is 0.497 e. The lowest BCUT2D eigenvalue weighted by atomic mass is 10.2. The number of hydrogen-bond acceptors (Lipinski definition) is 10. The molecule has 0 unspecified atom stereocenters. The first-order chi connectivity index (χ1) is 15.4. The van der Waals surface area contributed by atoms with Gasteiger partial charge in [-0.2, -0.15) is 9.97 Å². The van der Waals surface area contributed by atoms with Gasteiger partial charge in [0.2, 0.25) is 23.7 Å². The van der Waals surface area contributed by atoms with Crippen LogP contribution in [-0.2, 0) is 9.59 Å². The molecule has 170 valence electrons. The predicted molar refractivity (Wildman–Crippen MR) is 124 cm³/mol. The molecule has 1 aromatic carbocycles. The molecule has 0 saturated heterocycles. The number of rotatable bonds is 10. The van der Waals surface area contributed by atoms with Gasteiger partial charge >= 0.3 is 0 Å². The summed E-state index contributed by atoms with van der Waals surface area (Å²) in [6.45, 7) is 6.61. The van der Waals surface area contributed by atoms with Crippen LogP contribution in [0.1, 0.15) is 20.8 Å². The number of aromatic nitrogens is 5. The molecule has 0 bridgehead atoms. The van der Waals surface area contributed by atoms with Gasteiger partial charge in [0.15, 0.2) is 5.16 Å². The number of hydrogen-bond donors (Lipinski definition) is 4. The molecule has 0 aliphatic carbocycles. The third-order valence-corrected chi connectivity index (χ3v) is 4.99. The topological polar surface area (TPSA) is 147 Å². The summed E-state index contributed by atoms with van der Waals surface area (Å²) in [5.41, 5.74) is 0.909. The monoisotopic (exact) mass is 459 g/mol. The second-order valence-corrected chi connectivity index (χ2v) is 7.42. The molecule has 0 radical (unpaired) electrons. The number of anilines is 4. The molecule has 0 saturated carbocycles. The van der Waals surface area contributed by atoms with E-state index in [2.05, 4.69) is 41.4 Å². The number of carbonyl (C=O) groups excluding carboxylic acids is 2. The van der Waals surface area contributed by atoms with E-state index >= 15 is 0 Å². The lowest BCUT2D eigenvalue weighted by Crippen LogP contribution is -2.17. The number of amides is 2. The molecule has 0 spiro atoms. The third-order valence-electron chi connectivity index (χ3n) is 4.06. The molecule has 12 nitrogen and oxygen atoms in total. The molecule has 2 heterocycles. The fourth-order valence-electron chi connectivity index (χ4n) is 2.77. The van der Waals surface area contributed by atoms with E-state index in [1.165, 1.54) is 25.8 Å². The molecule has 0 aliphatic rings. The van der Waals surface area contributed by atoms with E-state index < -0.39 is 0 Å². The van der Waals surface area contributed by atoms with Crippen molar-refractivity contribution in [2.24, 2.45) is 0 Å². The van der Waals surface area contributed by atoms with Crippen molar-refractivity contribution in [3.63, 3.8) is 0 Å². The minimum absolute atomic E-state index is 0.0536. The molecule has 3 rings (SSSR count). The number of thioether (sulfide) groups is 1. The van der Waals surface area contributed by atoms with Gasteiger partial charge in [-0.15, -0.1) is 10.2 Å². The zero-order chi connectivity index (χ0) is 23.1. The summed E-state index contributed by atoms with van der Waals surface area (Å²) in [5.74, 6) is 1.41. The summed E-state index contributed by atoms with van der Waals surface area (Å²) in [6, 6.07) is 5.00. The summed E-state index contributed by atoms with van der Waals surface area (Å²) >= 11 is 1.19. The molecule has 4 N–H and O–H groups in total. The highest BCUT2D eigenvalue weighted by Gasteiger charge is 2.17. The lowest BCUT2D eigenvalue weighted by molar-refractivity contribution is -0.115. The van der Waals surface area contributed by atoms with Crippen molar-refractivity contribution in [2.75, 3.05) is 47.2 Å².